The molecule has 0 aliphatic heterocycles. The van der Waals surface area contributed by atoms with Crippen LogP contribution < -0.4 is 20.9 Å². The predicted octanol–water partition coefficient (Wildman–Crippen LogP) is 5.67. The number of nitrogens with zero attached hydrogens (tertiary/aromatic N) is 1. The number of rotatable bonds is 6. The van der Waals surface area contributed by atoms with E-state index in [0.29, 0.717) is 23.9 Å². The SMILES string of the molecule is CC(C)(C)OC(=O)Nc1ccc(CNc2cccc(Oc3cc(=O)[nH]c4ccccc34)c2)cn1. The molecule has 2 aromatic heterocycles. The van der Waals surface area contributed by atoms with Crippen LogP contribution in [-0.4, -0.2) is 21.7 Å². The van der Waals surface area contributed by atoms with Gasteiger partial charge in [0.2, 0.25) is 0 Å². The molecule has 2 aromatic carbocycles. The summed E-state index contributed by atoms with van der Waals surface area (Å²) in [6, 6.07) is 20.0. The Kier molecular flexibility index (Phi) is 6.49. The van der Waals surface area contributed by atoms with Gasteiger partial charge < -0.3 is 19.8 Å². The third-order valence-corrected chi connectivity index (χ3v) is 4.72. The van der Waals surface area contributed by atoms with Crippen molar-refractivity contribution in [1.29, 1.82) is 0 Å². The molecule has 174 valence electrons. The van der Waals surface area contributed by atoms with E-state index in [0.717, 1.165) is 22.2 Å². The first kappa shape index (κ1) is 22.8. The van der Waals surface area contributed by atoms with Gasteiger partial charge in [-0.25, -0.2) is 9.78 Å². The van der Waals surface area contributed by atoms with Crippen molar-refractivity contribution < 1.29 is 14.3 Å². The number of benzene rings is 2. The summed E-state index contributed by atoms with van der Waals surface area (Å²) in [5, 5.41) is 6.77. The van der Waals surface area contributed by atoms with Gasteiger partial charge in [0.1, 0.15) is 22.9 Å². The zero-order chi connectivity index (χ0) is 24.1. The topological polar surface area (TPSA) is 105 Å². The molecule has 8 nitrogen and oxygen atoms in total. The fourth-order valence-electron chi connectivity index (χ4n) is 3.27. The Bertz CT molecular complexity index is 1360. The van der Waals surface area contributed by atoms with E-state index in [1.807, 2.05) is 54.6 Å². The number of hydrogen-bond donors (Lipinski definition) is 3. The molecule has 0 atom stereocenters. The molecule has 0 bridgehead atoms. The van der Waals surface area contributed by atoms with Gasteiger partial charge in [-0.1, -0.05) is 24.3 Å². The fraction of sp³-hybridized carbons (Fsp3) is 0.192. The van der Waals surface area contributed by atoms with Gasteiger partial charge >= 0.3 is 6.09 Å². The minimum absolute atomic E-state index is 0.222. The predicted molar refractivity (Wildman–Crippen MR) is 133 cm³/mol. The highest BCUT2D eigenvalue weighted by molar-refractivity contribution is 5.85. The number of pyridine rings is 2. The molecule has 0 aliphatic carbocycles. The van der Waals surface area contributed by atoms with E-state index in [1.54, 1.807) is 33.0 Å². The number of aromatic nitrogens is 2. The summed E-state index contributed by atoms with van der Waals surface area (Å²) in [5.41, 5.74) is 1.70. The van der Waals surface area contributed by atoms with Crippen molar-refractivity contribution in [1.82, 2.24) is 9.97 Å². The second kappa shape index (κ2) is 9.66. The number of para-hydroxylation sites is 1. The number of fused-ring (bicyclic) bond motifs is 1. The average Bonchev–Trinajstić information content (AvgIpc) is 2.77. The van der Waals surface area contributed by atoms with Gasteiger partial charge in [0.15, 0.2) is 0 Å². The first-order valence-corrected chi connectivity index (χ1v) is 10.8. The number of carbonyl (C=O) groups excluding carboxylic acids is 1. The molecule has 4 rings (SSSR count). The number of H-pyrrole nitrogens is 1. The molecular formula is C26H26N4O4. The Hall–Kier alpha value is -4.33. The van der Waals surface area contributed by atoms with Crippen molar-refractivity contribution in [2.24, 2.45) is 0 Å². The van der Waals surface area contributed by atoms with E-state index in [-0.39, 0.29) is 5.56 Å². The van der Waals surface area contributed by atoms with Crippen molar-refractivity contribution in [3.05, 3.63) is 88.8 Å². The van der Waals surface area contributed by atoms with Gasteiger partial charge in [-0.3, -0.25) is 10.1 Å². The fourth-order valence-corrected chi connectivity index (χ4v) is 3.27. The molecule has 0 saturated heterocycles. The second-order valence-corrected chi connectivity index (χ2v) is 8.71. The number of amides is 1. The molecule has 0 radical (unpaired) electrons. The molecular weight excluding hydrogens is 432 g/mol. The summed E-state index contributed by atoms with van der Waals surface area (Å²) < 4.78 is 11.3. The Morgan fingerprint density at radius 1 is 1.03 bits per heavy atom. The standard InChI is InChI=1S/C26H26N4O4/c1-26(2,3)34-25(32)30-23-12-11-17(16-28-23)15-27-18-7-6-8-19(13-18)33-22-14-24(31)29-21-10-5-4-9-20(21)22/h4-14,16,27H,15H2,1-3H3,(H,29,31)(H,28,30,32). The summed E-state index contributed by atoms with van der Waals surface area (Å²) in [6.45, 7) is 5.93. The Balaban J connectivity index is 1.39. The van der Waals surface area contributed by atoms with Crippen LogP contribution in [0.2, 0.25) is 0 Å². The first-order valence-electron chi connectivity index (χ1n) is 10.8. The molecule has 34 heavy (non-hydrogen) atoms. The molecule has 0 unspecified atom stereocenters. The average molecular weight is 459 g/mol. The smallest absolute Gasteiger partial charge is 0.413 e. The Morgan fingerprint density at radius 3 is 2.62 bits per heavy atom. The van der Waals surface area contributed by atoms with Crippen molar-refractivity contribution in [3.63, 3.8) is 0 Å². The van der Waals surface area contributed by atoms with Crippen LogP contribution in [-0.2, 0) is 11.3 Å². The zero-order valence-corrected chi connectivity index (χ0v) is 19.2. The van der Waals surface area contributed by atoms with Gasteiger partial charge in [0.05, 0.1) is 5.52 Å². The largest absolute Gasteiger partial charge is 0.456 e. The third-order valence-electron chi connectivity index (χ3n) is 4.72. The maximum atomic E-state index is 12.0. The van der Waals surface area contributed by atoms with Gasteiger partial charge in [0, 0.05) is 35.9 Å². The number of hydrogen-bond acceptors (Lipinski definition) is 6. The monoisotopic (exact) mass is 458 g/mol. The van der Waals surface area contributed by atoms with Crippen LogP contribution in [0.5, 0.6) is 11.5 Å². The quantitative estimate of drug-likeness (QED) is 0.344. The highest BCUT2D eigenvalue weighted by atomic mass is 16.6. The molecule has 0 saturated carbocycles. The molecule has 0 aliphatic rings. The first-order chi connectivity index (χ1) is 16.2. The van der Waals surface area contributed by atoms with Gasteiger partial charge in [0.25, 0.3) is 5.56 Å². The van der Waals surface area contributed by atoms with Crippen molar-refractivity contribution in [2.45, 2.75) is 32.9 Å². The minimum atomic E-state index is -0.574. The van der Waals surface area contributed by atoms with E-state index in [1.165, 1.54) is 6.07 Å². The van der Waals surface area contributed by atoms with E-state index in [9.17, 15) is 9.59 Å². The van der Waals surface area contributed by atoms with Crippen molar-refractivity contribution >= 4 is 28.5 Å². The molecule has 3 N–H and O–H groups in total. The Labute approximate surface area is 197 Å². The maximum absolute atomic E-state index is 12.0. The lowest BCUT2D eigenvalue weighted by Gasteiger charge is -2.19. The Morgan fingerprint density at radius 2 is 1.85 bits per heavy atom. The summed E-state index contributed by atoms with van der Waals surface area (Å²) >= 11 is 0. The van der Waals surface area contributed by atoms with E-state index in [2.05, 4.69) is 20.6 Å². The van der Waals surface area contributed by atoms with E-state index < -0.39 is 11.7 Å². The van der Waals surface area contributed by atoms with Crippen molar-refractivity contribution in [3.8, 4) is 11.5 Å². The maximum Gasteiger partial charge on any atom is 0.413 e. The second-order valence-electron chi connectivity index (χ2n) is 8.71. The molecule has 2 heterocycles. The summed E-state index contributed by atoms with van der Waals surface area (Å²) in [5.74, 6) is 1.52. The summed E-state index contributed by atoms with van der Waals surface area (Å²) in [4.78, 5) is 30.9. The zero-order valence-electron chi connectivity index (χ0n) is 19.2. The van der Waals surface area contributed by atoms with Crippen LogP contribution in [0.15, 0.2) is 77.7 Å². The third kappa shape index (κ3) is 6.13. The lowest BCUT2D eigenvalue weighted by atomic mass is 10.2. The molecule has 1 amide bonds. The van der Waals surface area contributed by atoms with Crippen molar-refractivity contribution in [2.75, 3.05) is 10.6 Å². The van der Waals surface area contributed by atoms with Gasteiger partial charge in [-0.15, -0.1) is 0 Å². The highest BCUT2D eigenvalue weighted by Crippen LogP contribution is 2.29. The van der Waals surface area contributed by atoms with Crippen LogP contribution >= 0.6 is 0 Å². The number of carbonyl (C=O) groups is 1. The van der Waals surface area contributed by atoms with Crippen LogP contribution in [0.4, 0.5) is 16.3 Å². The number of ether oxygens (including phenoxy) is 2. The highest BCUT2D eigenvalue weighted by Gasteiger charge is 2.16. The lowest BCUT2D eigenvalue weighted by molar-refractivity contribution is 0.0635. The van der Waals surface area contributed by atoms with E-state index in [4.69, 9.17) is 9.47 Å². The van der Waals surface area contributed by atoms with E-state index >= 15 is 0 Å². The minimum Gasteiger partial charge on any atom is -0.456 e. The van der Waals surface area contributed by atoms with Crippen LogP contribution in [0, 0.1) is 0 Å². The van der Waals surface area contributed by atoms with Gasteiger partial charge in [-0.2, -0.15) is 0 Å². The van der Waals surface area contributed by atoms with Crippen LogP contribution in [0.25, 0.3) is 10.9 Å². The molecule has 0 fully saturated rings. The number of nitrogens with one attached hydrogen (secondary N) is 3. The normalized spacial score (nSPS) is 11.1. The molecule has 8 heteroatoms. The summed E-state index contributed by atoms with van der Waals surface area (Å²) in [7, 11) is 0. The number of aromatic amines is 1. The summed E-state index contributed by atoms with van der Waals surface area (Å²) in [6.07, 6.45) is 1.14. The molecule has 0 spiro atoms. The van der Waals surface area contributed by atoms with Gasteiger partial charge in [-0.05, 0) is 56.7 Å². The molecule has 4 aromatic rings. The lowest BCUT2D eigenvalue weighted by Crippen LogP contribution is -2.27. The van der Waals surface area contributed by atoms with Crippen LogP contribution in [0.3, 0.4) is 0 Å². The van der Waals surface area contributed by atoms with Crippen LogP contribution in [0.1, 0.15) is 26.3 Å². The number of anilines is 2.